The SMILES string of the molecule is O=C(Nc1ccc(Cl)cc1)N[C@@H](C(=O)N1CCN(C2CCCCC2)CC1)c1ccc(O)cc1. The number of nitrogens with zero attached hydrogens (tertiary/aromatic N) is 2. The Morgan fingerprint density at radius 3 is 2.18 bits per heavy atom. The highest BCUT2D eigenvalue weighted by Crippen LogP contribution is 2.25. The zero-order chi connectivity index (χ0) is 23.2. The summed E-state index contributed by atoms with van der Waals surface area (Å²) in [6.07, 6.45) is 6.40. The first-order valence-electron chi connectivity index (χ1n) is 11.6. The van der Waals surface area contributed by atoms with Gasteiger partial charge in [0.2, 0.25) is 5.91 Å². The number of piperazine rings is 1. The van der Waals surface area contributed by atoms with Crippen LogP contribution in [0.15, 0.2) is 48.5 Å². The molecule has 176 valence electrons. The molecule has 0 bridgehead atoms. The fourth-order valence-corrected chi connectivity index (χ4v) is 4.85. The van der Waals surface area contributed by atoms with Crippen LogP contribution in [0.3, 0.4) is 0 Å². The largest absolute Gasteiger partial charge is 0.508 e. The molecule has 4 rings (SSSR count). The number of hydrogen-bond donors (Lipinski definition) is 3. The predicted molar refractivity (Wildman–Crippen MR) is 129 cm³/mol. The first-order valence-corrected chi connectivity index (χ1v) is 12.0. The monoisotopic (exact) mass is 470 g/mol. The van der Waals surface area contributed by atoms with Crippen LogP contribution in [-0.4, -0.2) is 59.1 Å². The smallest absolute Gasteiger partial charge is 0.320 e. The van der Waals surface area contributed by atoms with Gasteiger partial charge in [-0.1, -0.05) is 43.0 Å². The summed E-state index contributed by atoms with van der Waals surface area (Å²) < 4.78 is 0. The number of nitrogens with one attached hydrogen (secondary N) is 2. The van der Waals surface area contributed by atoms with Crippen molar-refractivity contribution in [3.63, 3.8) is 0 Å². The summed E-state index contributed by atoms with van der Waals surface area (Å²) in [5.74, 6) is -0.0353. The minimum Gasteiger partial charge on any atom is -0.508 e. The second-order valence-electron chi connectivity index (χ2n) is 8.78. The molecule has 1 aliphatic heterocycles. The van der Waals surface area contributed by atoms with Gasteiger partial charge in [-0.05, 0) is 54.8 Å². The lowest BCUT2D eigenvalue weighted by Crippen LogP contribution is -2.54. The van der Waals surface area contributed by atoms with E-state index in [1.54, 1.807) is 36.4 Å². The quantitative estimate of drug-likeness (QED) is 0.605. The Morgan fingerprint density at radius 2 is 1.55 bits per heavy atom. The van der Waals surface area contributed by atoms with Gasteiger partial charge < -0.3 is 20.6 Å². The van der Waals surface area contributed by atoms with Gasteiger partial charge in [-0.3, -0.25) is 9.69 Å². The molecule has 1 heterocycles. The normalized spacial score (nSPS) is 18.5. The highest BCUT2D eigenvalue weighted by Gasteiger charge is 2.32. The second kappa shape index (κ2) is 10.9. The predicted octanol–water partition coefficient (Wildman–Crippen LogP) is 4.39. The van der Waals surface area contributed by atoms with Crippen molar-refractivity contribution in [1.82, 2.24) is 15.1 Å². The summed E-state index contributed by atoms with van der Waals surface area (Å²) >= 11 is 5.91. The van der Waals surface area contributed by atoms with Gasteiger partial charge >= 0.3 is 6.03 Å². The van der Waals surface area contributed by atoms with E-state index in [-0.39, 0.29) is 11.7 Å². The Bertz CT molecular complexity index is 937. The van der Waals surface area contributed by atoms with Crippen molar-refractivity contribution in [3.8, 4) is 5.75 Å². The van der Waals surface area contributed by atoms with Crippen LogP contribution in [-0.2, 0) is 4.79 Å². The van der Waals surface area contributed by atoms with Crippen molar-refractivity contribution in [1.29, 1.82) is 0 Å². The number of benzene rings is 2. The van der Waals surface area contributed by atoms with Gasteiger partial charge in [-0.2, -0.15) is 0 Å². The van der Waals surface area contributed by atoms with Crippen molar-refractivity contribution in [3.05, 3.63) is 59.1 Å². The minimum absolute atomic E-state index is 0.108. The average molecular weight is 471 g/mol. The van der Waals surface area contributed by atoms with Crippen LogP contribution in [0.25, 0.3) is 0 Å². The lowest BCUT2D eigenvalue weighted by Gasteiger charge is -2.41. The van der Waals surface area contributed by atoms with Crippen LogP contribution in [0.5, 0.6) is 5.75 Å². The first-order chi connectivity index (χ1) is 16.0. The Hall–Kier alpha value is -2.77. The molecule has 2 aromatic rings. The summed E-state index contributed by atoms with van der Waals surface area (Å²) in [5, 5.41) is 15.8. The maximum Gasteiger partial charge on any atom is 0.320 e. The molecule has 0 aromatic heterocycles. The molecule has 3 amide bonds. The summed E-state index contributed by atoms with van der Waals surface area (Å²) in [4.78, 5) is 30.5. The van der Waals surface area contributed by atoms with Gasteiger partial charge in [0.25, 0.3) is 0 Å². The minimum atomic E-state index is -0.848. The molecule has 33 heavy (non-hydrogen) atoms. The van der Waals surface area contributed by atoms with Crippen LogP contribution in [0.1, 0.15) is 43.7 Å². The molecule has 8 heteroatoms. The Morgan fingerprint density at radius 1 is 0.909 bits per heavy atom. The fourth-order valence-electron chi connectivity index (χ4n) is 4.72. The van der Waals surface area contributed by atoms with Crippen LogP contribution in [0.2, 0.25) is 5.02 Å². The molecule has 2 aromatic carbocycles. The summed E-state index contributed by atoms with van der Waals surface area (Å²) in [6.45, 7) is 3.00. The van der Waals surface area contributed by atoms with Crippen molar-refractivity contribution < 1.29 is 14.7 Å². The lowest BCUT2D eigenvalue weighted by atomic mass is 9.93. The molecule has 1 saturated carbocycles. The van der Waals surface area contributed by atoms with E-state index in [1.165, 1.54) is 44.2 Å². The number of anilines is 1. The number of carbonyl (C=O) groups is 2. The summed E-state index contributed by atoms with van der Waals surface area (Å²) in [7, 11) is 0. The Labute approximate surface area is 199 Å². The number of urea groups is 1. The van der Waals surface area contributed by atoms with Gasteiger partial charge in [0, 0.05) is 42.9 Å². The number of halogens is 1. The molecular formula is C25H31ClN4O3. The Kier molecular flexibility index (Phi) is 7.73. The first kappa shape index (κ1) is 23.4. The molecule has 0 radical (unpaired) electrons. The third-order valence-electron chi connectivity index (χ3n) is 6.57. The molecule has 0 spiro atoms. The summed E-state index contributed by atoms with van der Waals surface area (Å²) in [5.41, 5.74) is 1.20. The van der Waals surface area contributed by atoms with Crippen molar-refractivity contribution in [2.24, 2.45) is 0 Å². The maximum absolute atomic E-state index is 13.5. The third kappa shape index (κ3) is 6.18. The van der Waals surface area contributed by atoms with Crippen LogP contribution in [0.4, 0.5) is 10.5 Å². The van der Waals surface area contributed by atoms with Gasteiger partial charge in [0.1, 0.15) is 11.8 Å². The molecule has 2 fully saturated rings. The van der Waals surface area contributed by atoms with Crippen LogP contribution >= 0.6 is 11.6 Å². The zero-order valence-electron chi connectivity index (χ0n) is 18.7. The maximum atomic E-state index is 13.5. The van der Waals surface area contributed by atoms with Crippen molar-refractivity contribution in [2.75, 3.05) is 31.5 Å². The number of amides is 3. The van der Waals surface area contributed by atoms with E-state index >= 15 is 0 Å². The van der Waals surface area contributed by atoms with E-state index in [4.69, 9.17) is 11.6 Å². The van der Waals surface area contributed by atoms with E-state index in [2.05, 4.69) is 15.5 Å². The highest BCUT2D eigenvalue weighted by atomic mass is 35.5. The molecule has 1 atom stereocenters. The number of phenols is 1. The van der Waals surface area contributed by atoms with E-state index in [1.807, 2.05) is 4.90 Å². The Balaban J connectivity index is 1.42. The van der Waals surface area contributed by atoms with Gasteiger partial charge in [-0.15, -0.1) is 0 Å². The van der Waals surface area contributed by atoms with Crippen LogP contribution < -0.4 is 10.6 Å². The average Bonchev–Trinajstić information content (AvgIpc) is 2.85. The molecule has 7 nitrogen and oxygen atoms in total. The van der Waals surface area contributed by atoms with E-state index in [0.717, 1.165) is 13.1 Å². The van der Waals surface area contributed by atoms with E-state index in [9.17, 15) is 14.7 Å². The van der Waals surface area contributed by atoms with Gasteiger partial charge in [-0.25, -0.2) is 4.79 Å². The number of hydrogen-bond acceptors (Lipinski definition) is 4. The number of rotatable bonds is 5. The summed E-state index contributed by atoms with van der Waals surface area (Å²) in [6, 6.07) is 12.4. The molecule has 1 saturated heterocycles. The molecule has 0 unspecified atom stereocenters. The van der Waals surface area contributed by atoms with Gasteiger partial charge in [0.05, 0.1) is 0 Å². The topological polar surface area (TPSA) is 84.9 Å². The highest BCUT2D eigenvalue weighted by molar-refractivity contribution is 6.30. The van der Waals surface area contributed by atoms with Gasteiger partial charge in [0.15, 0.2) is 0 Å². The molecule has 1 aliphatic carbocycles. The van der Waals surface area contributed by atoms with Crippen molar-refractivity contribution in [2.45, 2.75) is 44.2 Å². The van der Waals surface area contributed by atoms with Crippen LogP contribution in [0, 0.1) is 0 Å². The standard InChI is InChI=1S/C25H31ClN4O3/c26-19-8-10-20(11-9-19)27-25(33)28-23(18-6-12-22(31)13-7-18)24(32)30-16-14-29(15-17-30)21-4-2-1-3-5-21/h6-13,21,23,31H,1-5,14-17H2,(H2,27,28,33)/t23-/m1/s1. The molecule has 2 aliphatic rings. The molecule has 3 N–H and O–H groups in total. The zero-order valence-corrected chi connectivity index (χ0v) is 19.4. The fraction of sp³-hybridized carbons (Fsp3) is 0.440. The number of phenolic OH excluding ortho intramolecular Hbond substituents is 1. The van der Waals surface area contributed by atoms with E-state index in [0.29, 0.717) is 35.4 Å². The number of carbonyl (C=O) groups excluding carboxylic acids is 2. The number of aromatic hydroxyl groups is 1. The van der Waals surface area contributed by atoms with E-state index < -0.39 is 12.1 Å². The van der Waals surface area contributed by atoms with Crippen molar-refractivity contribution >= 4 is 29.2 Å². The molecular weight excluding hydrogens is 440 g/mol. The lowest BCUT2D eigenvalue weighted by molar-refractivity contribution is -0.135. The second-order valence-corrected chi connectivity index (χ2v) is 9.22. The third-order valence-corrected chi connectivity index (χ3v) is 6.82.